The number of anilines is 1. The second-order valence-corrected chi connectivity index (χ2v) is 4.83. The summed E-state index contributed by atoms with van der Waals surface area (Å²) in [6.45, 7) is 3.95. The normalized spacial score (nSPS) is 12.5. The molecule has 1 aromatic heterocycles. The minimum atomic E-state index is -0.0708. The van der Waals surface area contributed by atoms with Crippen molar-refractivity contribution in [1.82, 2.24) is 9.97 Å². The molecule has 4 nitrogen and oxygen atoms in total. The zero-order valence-corrected chi connectivity index (χ0v) is 11.4. The summed E-state index contributed by atoms with van der Waals surface area (Å²) in [6.07, 6.45) is 0. The highest BCUT2D eigenvalue weighted by Crippen LogP contribution is 2.24. The van der Waals surface area contributed by atoms with Crippen LogP contribution in [0.5, 0.6) is 0 Å². The predicted molar refractivity (Wildman–Crippen MR) is 75.7 cm³/mol. The van der Waals surface area contributed by atoms with E-state index < -0.39 is 0 Å². The van der Waals surface area contributed by atoms with Crippen LogP contribution >= 0.6 is 0 Å². The number of aromatic nitrogens is 2. The average molecular weight is 244 g/mol. The molecule has 4 heteroatoms. The number of aromatic amines is 1. The highest BCUT2D eigenvalue weighted by atomic mass is 15.1. The van der Waals surface area contributed by atoms with E-state index in [-0.39, 0.29) is 6.04 Å². The van der Waals surface area contributed by atoms with E-state index in [9.17, 15) is 0 Å². The molecule has 0 saturated heterocycles. The number of nitrogens with one attached hydrogen (secondary N) is 1. The Bertz CT molecular complexity index is 523. The number of hydrogen-bond donors (Lipinski definition) is 2. The third kappa shape index (κ3) is 2.38. The molecule has 3 N–H and O–H groups in total. The molecule has 1 aromatic carbocycles. The summed E-state index contributed by atoms with van der Waals surface area (Å²) in [5.41, 5.74) is 10.2. The van der Waals surface area contributed by atoms with Gasteiger partial charge in [-0.25, -0.2) is 4.98 Å². The van der Waals surface area contributed by atoms with E-state index >= 15 is 0 Å². The quantitative estimate of drug-likeness (QED) is 0.872. The highest BCUT2D eigenvalue weighted by Gasteiger charge is 2.11. The van der Waals surface area contributed by atoms with E-state index in [1.54, 1.807) is 0 Å². The van der Waals surface area contributed by atoms with Gasteiger partial charge in [-0.2, -0.15) is 0 Å². The number of benzene rings is 1. The fraction of sp³-hybridized carbons (Fsp3) is 0.357. The maximum Gasteiger partial charge on any atom is 0.123 e. The second-order valence-electron chi connectivity index (χ2n) is 4.83. The number of H-pyrrole nitrogens is 1. The van der Waals surface area contributed by atoms with Gasteiger partial charge in [-0.3, -0.25) is 0 Å². The fourth-order valence-electron chi connectivity index (χ4n) is 1.90. The van der Waals surface area contributed by atoms with Crippen LogP contribution in [0.3, 0.4) is 0 Å². The van der Waals surface area contributed by atoms with Crippen molar-refractivity contribution in [2.75, 3.05) is 19.0 Å². The van der Waals surface area contributed by atoms with Gasteiger partial charge in [0.2, 0.25) is 0 Å². The number of nitrogens with two attached hydrogens (primary N) is 1. The standard InChI is InChI=1S/C14H20N4/c1-9(15)14-16-10(2)13(17-14)11-5-7-12(8-6-11)18(3)4/h5-9H,15H2,1-4H3,(H,16,17). The molecule has 1 heterocycles. The molecular formula is C14H20N4. The van der Waals surface area contributed by atoms with E-state index in [2.05, 4.69) is 39.1 Å². The van der Waals surface area contributed by atoms with Gasteiger partial charge in [0.1, 0.15) is 5.82 Å². The lowest BCUT2D eigenvalue weighted by atomic mass is 10.1. The van der Waals surface area contributed by atoms with Crippen molar-refractivity contribution in [3.8, 4) is 11.3 Å². The minimum Gasteiger partial charge on any atom is -0.378 e. The molecule has 18 heavy (non-hydrogen) atoms. The van der Waals surface area contributed by atoms with Gasteiger partial charge in [0.05, 0.1) is 11.7 Å². The third-order valence-electron chi connectivity index (χ3n) is 2.99. The Kier molecular flexibility index (Phi) is 3.39. The number of aryl methyl sites for hydroxylation is 1. The van der Waals surface area contributed by atoms with Crippen LogP contribution in [0.2, 0.25) is 0 Å². The fourth-order valence-corrected chi connectivity index (χ4v) is 1.90. The van der Waals surface area contributed by atoms with Crippen LogP contribution in [0.4, 0.5) is 5.69 Å². The predicted octanol–water partition coefficient (Wildman–Crippen LogP) is 2.47. The summed E-state index contributed by atoms with van der Waals surface area (Å²) in [5, 5.41) is 0. The molecule has 2 aromatic rings. The summed E-state index contributed by atoms with van der Waals surface area (Å²) in [7, 11) is 4.06. The first-order chi connectivity index (χ1) is 8.49. The van der Waals surface area contributed by atoms with Crippen LogP contribution < -0.4 is 10.6 Å². The Balaban J connectivity index is 2.36. The maximum atomic E-state index is 5.84. The molecule has 0 saturated carbocycles. The summed E-state index contributed by atoms with van der Waals surface area (Å²) >= 11 is 0. The number of imidazole rings is 1. The van der Waals surface area contributed by atoms with Gasteiger partial charge in [0, 0.05) is 31.0 Å². The third-order valence-corrected chi connectivity index (χ3v) is 2.99. The first kappa shape index (κ1) is 12.6. The summed E-state index contributed by atoms with van der Waals surface area (Å²) in [5.74, 6) is 0.833. The van der Waals surface area contributed by atoms with E-state index in [0.717, 1.165) is 22.8 Å². The van der Waals surface area contributed by atoms with Gasteiger partial charge < -0.3 is 15.6 Å². The van der Waals surface area contributed by atoms with Gasteiger partial charge in [-0.15, -0.1) is 0 Å². The highest BCUT2D eigenvalue weighted by molar-refractivity contribution is 5.65. The SMILES string of the molecule is Cc1[nH]c(C(C)N)nc1-c1ccc(N(C)C)cc1. The Labute approximate surface area is 108 Å². The van der Waals surface area contributed by atoms with Gasteiger partial charge >= 0.3 is 0 Å². The van der Waals surface area contributed by atoms with Crippen molar-refractivity contribution >= 4 is 5.69 Å². The lowest BCUT2D eigenvalue weighted by molar-refractivity contribution is 0.754. The molecule has 1 unspecified atom stereocenters. The molecule has 0 spiro atoms. The van der Waals surface area contributed by atoms with Crippen molar-refractivity contribution in [3.05, 3.63) is 35.8 Å². The van der Waals surface area contributed by atoms with Crippen molar-refractivity contribution in [2.45, 2.75) is 19.9 Å². The topological polar surface area (TPSA) is 57.9 Å². The number of nitrogens with zero attached hydrogens (tertiary/aromatic N) is 2. The van der Waals surface area contributed by atoms with Gasteiger partial charge in [0.15, 0.2) is 0 Å². The Morgan fingerprint density at radius 1 is 1.22 bits per heavy atom. The van der Waals surface area contributed by atoms with Gasteiger partial charge in [-0.05, 0) is 26.0 Å². The molecule has 0 amide bonds. The molecule has 0 bridgehead atoms. The van der Waals surface area contributed by atoms with E-state index in [4.69, 9.17) is 5.73 Å². The smallest absolute Gasteiger partial charge is 0.123 e. The Morgan fingerprint density at radius 3 is 2.28 bits per heavy atom. The molecule has 0 aliphatic heterocycles. The van der Waals surface area contributed by atoms with Gasteiger partial charge in [-0.1, -0.05) is 12.1 Å². The molecular weight excluding hydrogens is 224 g/mol. The van der Waals surface area contributed by atoms with E-state index in [1.165, 1.54) is 5.69 Å². The summed E-state index contributed by atoms with van der Waals surface area (Å²) < 4.78 is 0. The van der Waals surface area contributed by atoms with Crippen LogP contribution in [-0.4, -0.2) is 24.1 Å². The van der Waals surface area contributed by atoms with E-state index in [0.29, 0.717) is 0 Å². The minimum absolute atomic E-state index is 0.0708. The lowest BCUT2D eigenvalue weighted by Crippen LogP contribution is -2.08. The molecule has 1 atom stereocenters. The molecule has 0 radical (unpaired) electrons. The van der Waals surface area contributed by atoms with Crippen LogP contribution in [0, 0.1) is 6.92 Å². The Morgan fingerprint density at radius 2 is 1.83 bits per heavy atom. The number of hydrogen-bond acceptors (Lipinski definition) is 3. The summed E-state index contributed by atoms with van der Waals surface area (Å²) in [4.78, 5) is 9.87. The number of rotatable bonds is 3. The first-order valence-electron chi connectivity index (χ1n) is 6.09. The Hall–Kier alpha value is -1.81. The van der Waals surface area contributed by atoms with Crippen LogP contribution in [0.25, 0.3) is 11.3 Å². The molecule has 2 rings (SSSR count). The molecule has 0 aliphatic carbocycles. The average Bonchev–Trinajstić information content (AvgIpc) is 2.71. The molecule has 96 valence electrons. The lowest BCUT2D eigenvalue weighted by Gasteiger charge is -2.12. The monoisotopic (exact) mass is 244 g/mol. The van der Waals surface area contributed by atoms with Crippen LogP contribution in [-0.2, 0) is 0 Å². The zero-order chi connectivity index (χ0) is 13.3. The van der Waals surface area contributed by atoms with E-state index in [1.807, 2.05) is 27.9 Å². The first-order valence-corrected chi connectivity index (χ1v) is 6.09. The van der Waals surface area contributed by atoms with Crippen molar-refractivity contribution in [2.24, 2.45) is 5.73 Å². The van der Waals surface area contributed by atoms with Crippen LogP contribution in [0.1, 0.15) is 24.5 Å². The van der Waals surface area contributed by atoms with Crippen molar-refractivity contribution in [1.29, 1.82) is 0 Å². The second kappa shape index (κ2) is 4.82. The zero-order valence-electron chi connectivity index (χ0n) is 11.4. The van der Waals surface area contributed by atoms with Crippen LogP contribution in [0.15, 0.2) is 24.3 Å². The van der Waals surface area contributed by atoms with Gasteiger partial charge in [0.25, 0.3) is 0 Å². The largest absolute Gasteiger partial charge is 0.378 e. The van der Waals surface area contributed by atoms with Crippen molar-refractivity contribution in [3.63, 3.8) is 0 Å². The molecule has 0 aliphatic rings. The summed E-state index contributed by atoms with van der Waals surface area (Å²) in [6, 6.07) is 8.29. The van der Waals surface area contributed by atoms with Crippen molar-refractivity contribution < 1.29 is 0 Å². The maximum absolute atomic E-state index is 5.84. The molecule has 0 fully saturated rings.